The van der Waals surface area contributed by atoms with E-state index in [9.17, 15) is 8.78 Å². The highest BCUT2D eigenvalue weighted by atomic mass is 19.2. The van der Waals surface area contributed by atoms with Crippen molar-refractivity contribution < 1.29 is 8.78 Å². The Morgan fingerprint density at radius 3 is 1.52 bits per heavy atom. The normalized spacial score (nSPS) is 12.0. The van der Waals surface area contributed by atoms with Crippen molar-refractivity contribution in [2.24, 2.45) is 0 Å². The minimum atomic E-state index is -0.744. The van der Waals surface area contributed by atoms with Crippen molar-refractivity contribution in [3.63, 3.8) is 0 Å². The van der Waals surface area contributed by atoms with Gasteiger partial charge < -0.3 is 0 Å². The standard InChI is InChI=1S/C27H28F2/c1-3-5-7-26(28)27(29)25-18-16-24(17-19-25)23-14-12-22(13-15-23)21-10-8-20(6-4-2)9-11-21/h8-19H,3-7H2,1-2H3/b27-26+. The summed E-state index contributed by atoms with van der Waals surface area (Å²) >= 11 is 0. The maximum absolute atomic E-state index is 14.2. The largest absolute Gasteiger partial charge is 0.209 e. The number of allylic oxidation sites excluding steroid dienone is 1. The molecule has 2 heteroatoms. The number of benzene rings is 3. The van der Waals surface area contributed by atoms with Crippen LogP contribution in [-0.4, -0.2) is 0 Å². The molecule has 0 aliphatic rings. The summed E-state index contributed by atoms with van der Waals surface area (Å²) in [6.07, 6.45) is 3.92. The third-order valence-electron chi connectivity index (χ3n) is 5.17. The van der Waals surface area contributed by atoms with Crippen molar-refractivity contribution in [3.8, 4) is 22.3 Å². The molecule has 0 saturated carbocycles. The molecular weight excluding hydrogens is 362 g/mol. The molecule has 0 spiro atoms. The van der Waals surface area contributed by atoms with Gasteiger partial charge in [-0.05, 0) is 40.7 Å². The predicted molar refractivity (Wildman–Crippen MR) is 120 cm³/mol. The number of aryl methyl sites for hydroxylation is 1. The number of hydrogen-bond acceptors (Lipinski definition) is 0. The summed E-state index contributed by atoms with van der Waals surface area (Å²) in [5.74, 6) is -1.40. The van der Waals surface area contributed by atoms with Gasteiger partial charge in [-0.25, -0.2) is 8.78 Å². The molecule has 0 aliphatic carbocycles. The number of halogens is 2. The summed E-state index contributed by atoms with van der Waals surface area (Å²) in [6, 6.07) is 24.0. The average molecular weight is 391 g/mol. The van der Waals surface area contributed by atoms with Crippen LogP contribution >= 0.6 is 0 Å². The van der Waals surface area contributed by atoms with Gasteiger partial charge in [-0.15, -0.1) is 0 Å². The van der Waals surface area contributed by atoms with Crippen molar-refractivity contribution in [3.05, 3.63) is 89.8 Å². The van der Waals surface area contributed by atoms with E-state index in [0.717, 1.165) is 30.4 Å². The topological polar surface area (TPSA) is 0 Å². The zero-order valence-corrected chi connectivity index (χ0v) is 17.2. The van der Waals surface area contributed by atoms with E-state index in [4.69, 9.17) is 0 Å². The van der Waals surface area contributed by atoms with Gasteiger partial charge >= 0.3 is 0 Å². The summed E-state index contributed by atoms with van der Waals surface area (Å²) in [7, 11) is 0. The number of rotatable bonds is 8. The van der Waals surface area contributed by atoms with Crippen LogP contribution in [0.4, 0.5) is 8.78 Å². The van der Waals surface area contributed by atoms with Gasteiger partial charge in [-0.2, -0.15) is 0 Å². The summed E-state index contributed by atoms with van der Waals surface area (Å²) in [5.41, 5.74) is 6.06. The van der Waals surface area contributed by atoms with Gasteiger partial charge in [0.2, 0.25) is 0 Å². The average Bonchev–Trinajstić information content (AvgIpc) is 2.78. The fraction of sp³-hybridized carbons (Fsp3) is 0.259. The van der Waals surface area contributed by atoms with Crippen LogP contribution in [0.25, 0.3) is 28.1 Å². The monoisotopic (exact) mass is 390 g/mol. The Kier molecular flexibility index (Phi) is 7.35. The molecule has 3 rings (SSSR count). The molecule has 0 amide bonds. The maximum Gasteiger partial charge on any atom is 0.161 e. The summed E-state index contributed by atoms with van der Waals surface area (Å²) < 4.78 is 28.1. The molecule has 0 heterocycles. The lowest BCUT2D eigenvalue weighted by atomic mass is 9.98. The Morgan fingerprint density at radius 2 is 1.07 bits per heavy atom. The lowest BCUT2D eigenvalue weighted by molar-refractivity contribution is 0.548. The minimum Gasteiger partial charge on any atom is -0.209 e. The molecule has 29 heavy (non-hydrogen) atoms. The molecule has 3 aromatic rings. The molecule has 0 radical (unpaired) electrons. The Balaban J connectivity index is 1.74. The smallest absolute Gasteiger partial charge is 0.161 e. The molecule has 0 nitrogen and oxygen atoms in total. The van der Waals surface area contributed by atoms with Gasteiger partial charge in [-0.1, -0.05) is 99.5 Å². The molecule has 150 valence electrons. The summed E-state index contributed by atoms with van der Waals surface area (Å²) in [4.78, 5) is 0. The molecule has 0 atom stereocenters. The number of unbranched alkanes of at least 4 members (excludes halogenated alkanes) is 1. The van der Waals surface area contributed by atoms with Crippen molar-refractivity contribution in [2.45, 2.75) is 46.0 Å². The Morgan fingerprint density at radius 1 is 0.621 bits per heavy atom. The molecule has 0 saturated heterocycles. The van der Waals surface area contributed by atoms with E-state index in [1.165, 1.54) is 16.7 Å². The van der Waals surface area contributed by atoms with Gasteiger partial charge in [0.1, 0.15) is 5.83 Å². The Labute approximate surface area is 172 Å². The third-order valence-corrected chi connectivity index (χ3v) is 5.17. The molecule has 3 aromatic carbocycles. The predicted octanol–water partition coefficient (Wildman–Crippen LogP) is 8.77. The van der Waals surface area contributed by atoms with E-state index in [0.29, 0.717) is 12.0 Å². The second-order valence-corrected chi connectivity index (χ2v) is 7.42. The molecule has 0 aliphatic heterocycles. The molecule has 0 bridgehead atoms. The minimum absolute atomic E-state index is 0.158. The zero-order valence-electron chi connectivity index (χ0n) is 17.2. The van der Waals surface area contributed by atoms with Crippen LogP contribution in [0.1, 0.15) is 50.7 Å². The van der Waals surface area contributed by atoms with E-state index < -0.39 is 11.7 Å². The van der Waals surface area contributed by atoms with Gasteiger partial charge in [0, 0.05) is 12.0 Å². The van der Waals surface area contributed by atoms with Crippen LogP contribution in [0.2, 0.25) is 0 Å². The first-order chi connectivity index (χ1) is 14.1. The van der Waals surface area contributed by atoms with E-state index >= 15 is 0 Å². The van der Waals surface area contributed by atoms with E-state index in [1.807, 2.05) is 19.1 Å². The van der Waals surface area contributed by atoms with Gasteiger partial charge in [0.25, 0.3) is 0 Å². The zero-order chi connectivity index (χ0) is 20.6. The fourth-order valence-electron chi connectivity index (χ4n) is 3.42. The van der Waals surface area contributed by atoms with Crippen LogP contribution in [0.3, 0.4) is 0 Å². The van der Waals surface area contributed by atoms with Crippen molar-refractivity contribution >= 4 is 5.83 Å². The second kappa shape index (κ2) is 10.2. The van der Waals surface area contributed by atoms with Crippen LogP contribution in [0.5, 0.6) is 0 Å². The molecule has 0 fully saturated rings. The van der Waals surface area contributed by atoms with Crippen molar-refractivity contribution in [2.75, 3.05) is 0 Å². The van der Waals surface area contributed by atoms with Crippen molar-refractivity contribution in [1.82, 2.24) is 0 Å². The summed E-state index contributed by atoms with van der Waals surface area (Å²) in [5, 5.41) is 0. The quantitative estimate of drug-likeness (QED) is 0.360. The van der Waals surface area contributed by atoms with Gasteiger partial charge in [-0.3, -0.25) is 0 Å². The molecular formula is C27H28F2. The highest BCUT2D eigenvalue weighted by Gasteiger charge is 2.09. The van der Waals surface area contributed by atoms with Gasteiger partial charge in [0.05, 0.1) is 0 Å². The third kappa shape index (κ3) is 5.41. The lowest BCUT2D eigenvalue weighted by Crippen LogP contribution is -1.86. The van der Waals surface area contributed by atoms with Crippen LogP contribution in [0.15, 0.2) is 78.6 Å². The first-order valence-corrected chi connectivity index (χ1v) is 10.5. The van der Waals surface area contributed by atoms with Crippen LogP contribution in [-0.2, 0) is 6.42 Å². The first-order valence-electron chi connectivity index (χ1n) is 10.5. The van der Waals surface area contributed by atoms with Crippen LogP contribution in [0, 0.1) is 0 Å². The highest BCUT2D eigenvalue weighted by molar-refractivity contribution is 5.72. The molecule has 0 N–H and O–H groups in total. The van der Waals surface area contributed by atoms with Crippen LogP contribution < -0.4 is 0 Å². The van der Waals surface area contributed by atoms with E-state index in [-0.39, 0.29) is 6.42 Å². The number of hydrogen-bond donors (Lipinski definition) is 0. The fourth-order valence-corrected chi connectivity index (χ4v) is 3.42. The van der Waals surface area contributed by atoms with Crippen molar-refractivity contribution in [1.29, 1.82) is 0 Å². The maximum atomic E-state index is 14.2. The lowest BCUT2D eigenvalue weighted by Gasteiger charge is -2.07. The van der Waals surface area contributed by atoms with E-state index in [1.54, 1.807) is 12.1 Å². The Bertz CT molecular complexity index is 933. The second-order valence-electron chi connectivity index (χ2n) is 7.42. The SMILES string of the molecule is CCCC/C(F)=C(\F)c1ccc(-c2ccc(-c3ccc(CCC)cc3)cc2)cc1. The molecule has 0 unspecified atom stereocenters. The summed E-state index contributed by atoms with van der Waals surface area (Å²) in [6.45, 7) is 4.15. The van der Waals surface area contributed by atoms with Gasteiger partial charge in [0.15, 0.2) is 5.83 Å². The van der Waals surface area contributed by atoms with E-state index in [2.05, 4.69) is 55.5 Å². The molecule has 0 aromatic heterocycles. The Hall–Kier alpha value is -2.74. The first kappa shape index (κ1) is 21.0. The highest BCUT2D eigenvalue weighted by Crippen LogP contribution is 2.29.